The Hall–Kier alpha value is -2.92. The highest BCUT2D eigenvalue weighted by molar-refractivity contribution is 9.10. The van der Waals surface area contributed by atoms with Crippen molar-refractivity contribution in [1.29, 1.82) is 0 Å². The van der Waals surface area contributed by atoms with Gasteiger partial charge in [-0.3, -0.25) is 4.79 Å². The van der Waals surface area contributed by atoms with Gasteiger partial charge in [0.25, 0.3) is 0 Å². The standard InChI is InChI=1S/C24H22BrN3O/c1-2-17-6-12-20(13-7-17)26-23(29)15-14-21-24(18-8-10-19(25)11-9-18)27-22-5-3-4-16-28(21)22/h3-13,16H,2,14-15H2,1H3,(H,26,29). The number of carbonyl (C=O) groups excluding carboxylic acids is 1. The van der Waals surface area contributed by atoms with Crippen LogP contribution in [-0.4, -0.2) is 15.3 Å². The van der Waals surface area contributed by atoms with Gasteiger partial charge in [0.05, 0.1) is 11.4 Å². The van der Waals surface area contributed by atoms with Gasteiger partial charge in [0.1, 0.15) is 5.65 Å². The molecule has 0 atom stereocenters. The van der Waals surface area contributed by atoms with Crippen molar-refractivity contribution in [3.63, 3.8) is 0 Å². The van der Waals surface area contributed by atoms with Gasteiger partial charge in [-0.25, -0.2) is 4.98 Å². The van der Waals surface area contributed by atoms with E-state index in [0.29, 0.717) is 12.8 Å². The van der Waals surface area contributed by atoms with Crippen molar-refractivity contribution in [3.05, 3.63) is 88.7 Å². The molecule has 0 aliphatic carbocycles. The van der Waals surface area contributed by atoms with Crippen LogP contribution in [0.25, 0.3) is 16.9 Å². The molecular weight excluding hydrogens is 426 g/mol. The first kappa shape index (κ1) is 19.4. The van der Waals surface area contributed by atoms with Gasteiger partial charge in [-0.2, -0.15) is 0 Å². The summed E-state index contributed by atoms with van der Waals surface area (Å²) in [5.41, 5.74) is 5.98. The van der Waals surface area contributed by atoms with E-state index in [1.54, 1.807) is 0 Å². The summed E-state index contributed by atoms with van der Waals surface area (Å²) in [7, 11) is 0. The second-order valence-electron chi connectivity index (χ2n) is 6.94. The monoisotopic (exact) mass is 447 g/mol. The Labute approximate surface area is 178 Å². The fraction of sp³-hybridized carbons (Fsp3) is 0.167. The molecule has 2 aromatic carbocycles. The van der Waals surface area contributed by atoms with Crippen LogP contribution in [0, 0.1) is 0 Å². The molecule has 29 heavy (non-hydrogen) atoms. The maximum atomic E-state index is 12.5. The summed E-state index contributed by atoms with van der Waals surface area (Å²) < 4.78 is 3.10. The third-order valence-corrected chi connectivity index (χ3v) is 5.51. The minimum Gasteiger partial charge on any atom is -0.326 e. The van der Waals surface area contributed by atoms with Crippen molar-refractivity contribution in [2.24, 2.45) is 0 Å². The molecule has 0 fully saturated rings. The summed E-state index contributed by atoms with van der Waals surface area (Å²) in [6, 6.07) is 22.1. The van der Waals surface area contributed by atoms with Gasteiger partial charge in [0, 0.05) is 28.3 Å². The van der Waals surface area contributed by atoms with Crippen molar-refractivity contribution >= 4 is 33.2 Å². The molecule has 146 valence electrons. The number of hydrogen-bond donors (Lipinski definition) is 1. The molecular formula is C24H22BrN3O. The number of pyridine rings is 1. The molecule has 2 aromatic heterocycles. The van der Waals surface area contributed by atoms with E-state index in [1.165, 1.54) is 5.56 Å². The summed E-state index contributed by atoms with van der Waals surface area (Å²) in [6.07, 6.45) is 3.99. The van der Waals surface area contributed by atoms with E-state index in [2.05, 4.69) is 32.6 Å². The van der Waals surface area contributed by atoms with E-state index < -0.39 is 0 Å². The summed E-state index contributed by atoms with van der Waals surface area (Å²) in [4.78, 5) is 17.4. The lowest BCUT2D eigenvalue weighted by Crippen LogP contribution is -2.13. The molecule has 1 amide bonds. The predicted molar refractivity (Wildman–Crippen MR) is 121 cm³/mol. The van der Waals surface area contributed by atoms with E-state index >= 15 is 0 Å². The zero-order valence-corrected chi connectivity index (χ0v) is 17.8. The van der Waals surface area contributed by atoms with Crippen LogP contribution in [0.1, 0.15) is 24.6 Å². The Morgan fingerprint density at radius 1 is 1.03 bits per heavy atom. The average Bonchev–Trinajstić information content (AvgIpc) is 3.12. The molecule has 0 aliphatic heterocycles. The number of nitrogens with one attached hydrogen (secondary N) is 1. The summed E-state index contributed by atoms with van der Waals surface area (Å²) in [5.74, 6) is 0.00175. The van der Waals surface area contributed by atoms with Crippen LogP contribution in [-0.2, 0) is 17.6 Å². The molecule has 4 aromatic rings. The highest BCUT2D eigenvalue weighted by Crippen LogP contribution is 2.27. The van der Waals surface area contributed by atoms with Crippen LogP contribution in [0.5, 0.6) is 0 Å². The Bertz CT molecular complexity index is 1130. The highest BCUT2D eigenvalue weighted by atomic mass is 79.9. The number of aryl methyl sites for hydroxylation is 2. The number of fused-ring (bicyclic) bond motifs is 1. The third-order valence-electron chi connectivity index (χ3n) is 4.98. The van der Waals surface area contributed by atoms with Gasteiger partial charge in [-0.05, 0) is 54.8 Å². The predicted octanol–water partition coefficient (Wildman–Crippen LogP) is 5.90. The molecule has 0 bridgehead atoms. The molecule has 0 saturated carbocycles. The third kappa shape index (κ3) is 4.40. The first-order valence-electron chi connectivity index (χ1n) is 9.74. The van der Waals surface area contributed by atoms with Crippen molar-refractivity contribution < 1.29 is 4.79 Å². The molecule has 4 rings (SSSR count). The van der Waals surface area contributed by atoms with Gasteiger partial charge in [-0.1, -0.05) is 53.2 Å². The van der Waals surface area contributed by atoms with Crippen LogP contribution in [0.3, 0.4) is 0 Å². The zero-order chi connectivity index (χ0) is 20.2. The van der Waals surface area contributed by atoms with E-state index in [0.717, 1.165) is 39.2 Å². The second-order valence-corrected chi connectivity index (χ2v) is 7.86. The number of carbonyl (C=O) groups is 1. The Morgan fingerprint density at radius 2 is 1.79 bits per heavy atom. The molecule has 0 radical (unpaired) electrons. The van der Waals surface area contributed by atoms with Crippen molar-refractivity contribution in [2.75, 3.05) is 5.32 Å². The maximum absolute atomic E-state index is 12.5. The lowest BCUT2D eigenvalue weighted by atomic mass is 10.1. The fourth-order valence-electron chi connectivity index (χ4n) is 3.40. The summed E-state index contributed by atoms with van der Waals surface area (Å²) >= 11 is 3.48. The Morgan fingerprint density at radius 3 is 2.52 bits per heavy atom. The van der Waals surface area contributed by atoms with Crippen molar-refractivity contribution in [3.8, 4) is 11.3 Å². The van der Waals surface area contributed by atoms with Crippen LogP contribution >= 0.6 is 15.9 Å². The number of anilines is 1. The number of nitrogens with zero attached hydrogens (tertiary/aromatic N) is 2. The van der Waals surface area contributed by atoms with Gasteiger partial charge in [0.15, 0.2) is 0 Å². The summed E-state index contributed by atoms with van der Waals surface area (Å²) in [5, 5.41) is 3.00. The largest absolute Gasteiger partial charge is 0.326 e. The Kier molecular flexibility index (Phi) is 5.76. The van der Waals surface area contributed by atoms with Crippen molar-refractivity contribution in [2.45, 2.75) is 26.2 Å². The number of halogens is 1. The van der Waals surface area contributed by atoms with E-state index in [-0.39, 0.29) is 5.91 Å². The fourth-order valence-corrected chi connectivity index (χ4v) is 3.67. The summed E-state index contributed by atoms with van der Waals surface area (Å²) in [6.45, 7) is 2.12. The molecule has 2 heterocycles. The molecule has 0 spiro atoms. The molecule has 4 nitrogen and oxygen atoms in total. The van der Waals surface area contributed by atoms with Gasteiger partial charge < -0.3 is 9.72 Å². The molecule has 1 N–H and O–H groups in total. The van der Waals surface area contributed by atoms with E-state index in [9.17, 15) is 4.79 Å². The molecule has 0 saturated heterocycles. The lowest BCUT2D eigenvalue weighted by Gasteiger charge is -2.08. The van der Waals surface area contributed by atoms with E-state index in [1.807, 2.05) is 72.9 Å². The minimum atomic E-state index is 0.00175. The van der Waals surface area contributed by atoms with E-state index in [4.69, 9.17) is 4.98 Å². The topological polar surface area (TPSA) is 46.4 Å². The zero-order valence-electron chi connectivity index (χ0n) is 16.2. The van der Waals surface area contributed by atoms with Crippen LogP contribution in [0.2, 0.25) is 0 Å². The first-order chi connectivity index (χ1) is 14.1. The maximum Gasteiger partial charge on any atom is 0.224 e. The van der Waals surface area contributed by atoms with Crippen LogP contribution in [0.4, 0.5) is 5.69 Å². The molecule has 0 aliphatic rings. The number of hydrogen-bond acceptors (Lipinski definition) is 2. The molecule has 5 heteroatoms. The first-order valence-corrected chi connectivity index (χ1v) is 10.5. The highest BCUT2D eigenvalue weighted by Gasteiger charge is 2.15. The molecule has 0 unspecified atom stereocenters. The van der Waals surface area contributed by atoms with Gasteiger partial charge in [-0.15, -0.1) is 0 Å². The number of aromatic nitrogens is 2. The number of rotatable bonds is 6. The average molecular weight is 448 g/mol. The van der Waals surface area contributed by atoms with Crippen LogP contribution < -0.4 is 5.32 Å². The van der Waals surface area contributed by atoms with Crippen molar-refractivity contribution in [1.82, 2.24) is 9.38 Å². The van der Waals surface area contributed by atoms with Gasteiger partial charge >= 0.3 is 0 Å². The quantitative estimate of drug-likeness (QED) is 0.399. The number of amides is 1. The number of benzene rings is 2. The smallest absolute Gasteiger partial charge is 0.224 e. The van der Waals surface area contributed by atoms with Crippen LogP contribution in [0.15, 0.2) is 77.4 Å². The minimum absolute atomic E-state index is 0.00175. The normalized spacial score (nSPS) is 11.0. The second kappa shape index (κ2) is 8.62. The SMILES string of the molecule is CCc1ccc(NC(=O)CCc2c(-c3ccc(Br)cc3)nc3ccccn23)cc1. The Balaban J connectivity index is 1.55. The lowest BCUT2D eigenvalue weighted by molar-refractivity contribution is -0.116. The number of imidazole rings is 1. The van der Waals surface area contributed by atoms with Gasteiger partial charge in [0.2, 0.25) is 5.91 Å².